The van der Waals surface area contributed by atoms with Crippen LogP contribution < -0.4 is 10.1 Å². The number of ether oxygens (including phenoxy) is 1. The fourth-order valence-electron chi connectivity index (χ4n) is 2.93. The van der Waals surface area contributed by atoms with Crippen LogP contribution in [0.2, 0.25) is 0 Å². The highest BCUT2D eigenvalue weighted by atomic mass is 32.1. The van der Waals surface area contributed by atoms with Crippen LogP contribution in [0.15, 0.2) is 47.0 Å². The molecule has 0 fully saturated rings. The lowest BCUT2D eigenvalue weighted by Crippen LogP contribution is -2.10. The van der Waals surface area contributed by atoms with Crippen LogP contribution in [0.5, 0.6) is 5.75 Å². The molecule has 0 spiro atoms. The van der Waals surface area contributed by atoms with Crippen LogP contribution in [0, 0.1) is 13.8 Å². The molecule has 0 radical (unpaired) electrons. The smallest absolute Gasteiger partial charge is 0.344 e. The van der Waals surface area contributed by atoms with Gasteiger partial charge in [0.25, 0.3) is 5.71 Å². The molecule has 1 aromatic carbocycles. The number of hydrogen-bond acceptors (Lipinski definition) is 7. The Bertz CT molecular complexity index is 1220. The fraction of sp³-hybridized carbons (Fsp3) is 0.143. The summed E-state index contributed by atoms with van der Waals surface area (Å²) in [5.41, 5.74) is 2.43. The minimum absolute atomic E-state index is 0.173. The first-order valence-corrected chi connectivity index (χ1v) is 9.66. The van der Waals surface area contributed by atoms with Gasteiger partial charge in [-0.25, -0.2) is 9.78 Å². The Morgan fingerprint density at radius 1 is 1.10 bits per heavy atom. The molecule has 4 aromatic rings. The summed E-state index contributed by atoms with van der Waals surface area (Å²) in [6, 6.07) is 12.2. The number of amides is 1. The summed E-state index contributed by atoms with van der Waals surface area (Å²) in [7, 11) is 0. The first-order valence-electron chi connectivity index (χ1n) is 8.84. The Kier molecular flexibility index (Phi) is 4.85. The zero-order valence-corrected chi connectivity index (χ0v) is 16.8. The number of nitrogens with zero attached hydrogens (tertiary/aromatic N) is 2. The van der Waals surface area contributed by atoms with E-state index >= 15 is 0 Å². The zero-order chi connectivity index (χ0) is 20.5. The number of rotatable bonds is 4. The molecular weight excluding hydrogens is 390 g/mol. The Morgan fingerprint density at radius 2 is 1.86 bits per heavy atom. The lowest BCUT2D eigenvalue weighted by atomic mass is 10.1. The maximum Gasteiger partial charge on any atom is 0.344 e. The summed E-state index contributed by atoms with van der Waals surface area (Å²) in [5.74, 6) is -0.351. The first kappa shape index (κ1) is 18.8. The lowest BCUT2D eigenvalue weighted by molar-refractivity contribution is -0.114. The summed E-state index contributed by atoms with van der Waals surface area (Å²) < 4.78 is 10.9. The molecule has 4 rings (SSSR count). The molecule has 1 amide bonds. The van der Waals surface area contributed by atoms with Crippen LogP contribution in [-0.4, -0.2) is 22.0 Å². The van der Waals surface area contributed by atoms with Gasteiger partial charge in [0.15, 0.2) is 0 Å². The quantitative estimate of drug-likeness (QED) is 0.388. The van der Waals surface area contributed by atoms with Crippen molar-refractivity contribution < 1.29 is 18.8 Å². The molecule has 0 aliphatic carbocycles. The molecule has 3 heterocycles. The Morgan fingerprint density at radius 3 is 2.52 bits per heavy atom. The van der Waals surface area contributed by atoms with E-state index in [0.29, 0.717) is 39.5 Å². The van der Waals surface area contributed by atoms with Gasteiger partial charge in [0.1, 0.15) is 5.75 Å². The van der Waals surface area contributed by atoms with Crippen molar-refractivity contribution in [1.29, 1.82) is 0 Å². The number of aromatic nitrogens is 2. The number of nitrogens with one attached hydrogen (secondary N) is 1. The third-order valence-electron chi connectivity index (χ3n) is 4.22. The largest absolute Gasteiger partial charge is 0.423 e. The number of benzene rings is 1. The van der Waals surface area contributed by atoms with E-state index in [1.54, 1.807) is 48.6 Å². The van der Waals surface area contributed by atoms with Crippen molar-refractivity contribution in [3.8, 4) is 16.3 Å². The lowest BCUT2D eigenvalue weighted by Gasteiger charge is -2.08. The van der Waals surface area contributed by atoms with Gasteiger partial charge in [-0.1, -0.05) is 5.16 Å². The van der Waals surface area contributed by atoms with Crippen molar-refractivity contribution in [3.63, 3.8) is 0 Å². The second-order valence-corrected chi connectivity index (χ2v) is 7.80. The number of hydrogen-bond donors (Lipinski definition) is 1. The number of fused-ring (bicyclic) bond motifs is 1. The van der Waals surface area contributed by atoms with E-state index in [4.69, 9.17) is 9.26 Å². The molecule has 0 aliphatic heterocycles. The van der Waals surface area contributed by atoms with E-state index in [1.165, 1.54) is 6.92 Å². The van der Waals surface area contributed by atoms with Crippen LogP contribution in [-0.2, 0) is 4.79 Å². The number of thiophene rings is 1. The third-order valence-corrected chi connectivity index (χ3v) is 5.24. The van der Waals surface area contributed by atoms with Gasteiger partial charge in [-0.3, -0.25) is 4.79 Å². The number of carbonyl (C=O) groups excluding carboxylic acids is 2. The molecule has 0 atom stereocenters. The number of aryl methyl sites for hydroxylation is 2. The number of anilines is 1. The topological polar surface area (TPSA) is 94.3 Å². The van der Waals surface area contributed by atoms with Crippen molar-refractivity contribution in [2.45, 2.75) is 20.8 Å². The summed E-state index contributed by atoms with van der Waals surface area (Å²) in [5, 5.41) is 7.14. The SMILES string of the molecule is CC(=O)Nc1ccc(OC(=O)c2cc(-c3ccc(C)s3)nc3onc(C)c23)cc1. The van der Waals surface area contributed by atoms with E-state index < -0.39 is 5.97 Å². The first-order chi connectivity index (χ1) is 13.9. The maximum absolute atomic E-state index is 12.9. The fourth-order valence-corrected chi connectivity index (χ4v) is 3.75. The molecule has 0 saturated heterocycles. The van der Waals surface area contributed by atoms with Crippen molar-refractivity contribution in [2.75, 3.05) is 5.32 Å². The highest BCUT2D eigenvalue weighted by Gasteiger charge is 2.21. The van der Waals surface area contributed by atoms with Gasteiger partial charge < -0.3 is 14.6 Å². The monoisotopic (exact) mass is 407 g/mol. The number of carbonyl (C=O) groups is 2. The summed E-state index contributed by atoms with van der Waals surface area (Å²) >= 11 is 1.58. The zero-order valence-electron chi connectivity index (χ0n) is 16.0. The molecule has 3 aromatic heterocycles. The number of pyridine rings is 1. The molecule has 7 nitrogen and oxygen atoms in total. The van der Waals surface area contributed by atoms with E-state index in [0.717, 1.165) is 9.75 Å². The maximum atomic E-state index is 12.9. The Labute approximate surface area is 170 Å². The van der Waals surface area contributed by atoms with Crippen LogP contribution in [0.1, 0.15) is 27.9 Å². The molecule has 0 saturated carbocycles. The van der Waals surface area contributed by atoms with Gasteiger partial charge in [-0.2, -0.15) is 0 Å². The van der Waals surface area contributed by atoms with Crippen molar-refractivity contribution in [2.24, 2.45) is 0 Å². The second-order valence-electron chi connectivity index (χ2n) is 6.51. The normalized spacial score (nSPS) is 10.9. The van der Waals surface area contributed by atoms with Crippen molar-refractivity contribution in [1.82, 2.24) is 10.1 Å². The van der Waals surface area contributed by atoms with Gasteiger partial charge in [0.2, 0.25) is 5.91 Å². The summed E-state index contributed by atoms with van der Waals surface area (Å²) in [6.07, 6.45) is 0. The van der Waals surface area contributed by atoms with Gasteiger partial charge >= 0.3 is 5.97 Å². The third kappa shape index (κ3) is 3.88. The molecule has 8 heteroatoms. The van der Waals surface area contributed by atoms with Gasteiger partial charge in [-0.05, 0) is 56.3 Å². The van der Waals surface area contributed by atoms with E-state index in [2.05, 4.69) is 15.5 Å². The van der Waals surface area contributed by atoms with Crippen LogP contribution >= 0.6 is 11.3 Å². The molecule has 1 N–H and O–H groups in total. The molecule has 29 heavy (non-hydrogen) atoms. The average Bonchev–Trinajstić information content (AvgIpc) is 3.28. The van der Waals surface area contributed by atoms with E-state index in [-0.39, 0.29) is 5.91 Å². The highest BCUT2D eigenvalue weighted by Crippen LogP contribution is 2.31. The molecule has 0 unspecified atom stereocenters. The van der Waals surface area contributed by atoms with E-state index in [1.807, 2.05) is 19.1 Å². The molecule has 0 bridgehead atoms. The minimum atomic E-state index is -0.537. The highest BCUT2D eigenvalue weighted by molar-refractivity contribution is 7.15. The second kappa shape index (κ2) is 7.48. The predicted molar refractivity (Wildman–Crippen MR) is 110 cm³/mol. The van der Waals surface area contributed by atoms with Crippen LogP contribution in [0.25, 0.3) is 21.7 Å². The van der Waals surface area contributed by atoms with Crippen molar-refractivity contribution in [3.05, 3.63) is 58.6 Å². The molecular formula is C21H17N3O4S. The van der Waals surface area contributed by atoms with Crippen molar-refractivity contribution >= 4 is 40.0 Å². The Hall–Kier alpha value is -3.52. The van der Waals surface area contributed by atoms with Gasteiger partial charge in [0, 0.05) is 17.5 Å². The van der Waals surface area contributed by atoms with Gasteiger partial charge in [-0.15, -0.1) is 11.3 Å². The minimum Gasteiger partial charge on any atom is -0.423 e. The summed E-state index contributed by atoms with van der Waals surface area (Å²) in [6.45, 7) is 5.18. The van der Waals surface area contributed by atoms with Crippen LogP contribution in [0.3, 0.4) is 0 Å². The summed E-state index contributed by atoms with van der Waals surface area (Å²) in [4.78, 5) is 30.6. The Balaban J connectivity index is 1.69. The number of esters is 1. The van der Waals surface area contributed by atoms with Gasteiger partial charge in [0.05, 0.1) is 27.2 Å². The van der Waals surface area contributed by atoms with E-state index in [9.17, 15) is 9.59 Å². The standard InChI is InChI=1S/C21H17N3O4S/c1-11-4-9-18(29-11)17-10-16(19-12(2)24-28-20(19)23-17)21(26)27-15-7-5-14(6-8-15)22-13(3)25/h4-10H,1-3H3,(H,22,25). The average molecular weight is 407 g/mol. The molecule has 0 aliphatic rings. The molecule has 146 valence electrons. The van der Waals surface area contributed by atoms with Crippen LogP contribution in [0.4, 0.5) is 5.69 Å². The predicted octanol–water partition coefficient (Wildman–Crippen LogP) is 4.75.